The van der Waals surface area contributed by atoms with Crippen molar-refractivity contribution in [2.75, 3.05) is 30.3 Å². The summed E-state index contributed by atoms with van der Waals surface area (Å²) in [5, 5.41) is 6.55. The Hall–Kier alpha value is -2.23. The molecule has 4 heteroatoms. The van der Waals surface area contributed by atoms with Gasteiger partial charge < -0.3 is 15.4 Å². The molecule has 0 bridgehead atoms. The average Bonchev–Trinajstić information content (AvgIpc) is 2.50. The molecule has 112 valence electrons. The van der Waals surface area contributed by atoms with Crippen molar-refractivity contribution < 1.29 is 4.74 Å². The SMILES string of the molecule is CCCNc1cccc(NCCOc2cccc(C)c2)n1. The van der Waals surface area contributed by atoms with E-state index in [0.717, 1.165) is 36.9 Å². The minimum atomic E-state index is 0.609. The monoisotopic (exact) mass is 285 g/mol. The van der Waals surface area contributed by atoms with Gasteiger partial charge in [-0.25, -0.2) is 4.98 Å². The lowest BCUT2D eigenvalue weighted by Crippen LogP contribution is -2.13. The number of hydrogen-bond acceptors (Lipinski definition) is 4. The van der Waals surface area contributed by atoms with Crippen LogP contribution in [0.1, 0.15) is 18.9 Å². The molecule has 0 saturated carbocycles. The molecule has 2 aromatic rings. The van der Waals surface area contributed by atoms with Gasteiger partial charge in [0, 0.05) is 6.54 Å². The van der Waals surface area contributed by atoms with Crippen LogP contribution >= 0.6 is 0 Å². The fraction of sp³-hybridized carbons (Fsp3) is 0.353. The number of nitrogens with zero attached hydrogens (tertiary/aromatic N) is 1. The smallest absolute Gasteiger partial charge is 0.128 e. The number of rotatable bonds is 8. The Morgan fingerprint density at radius 2 is 1.71 bits per heavy atom. The molecular formula is C17H23N3O. The molecule has 2 N–H and O–H groups in total. The van der Waals surface area contributed by atoms with E-state index < -0.39 is 0 Å². The molecule has 1 aromatic carbocycles. The van der Waals surface area contributed by atoms with Crippen LogP contribution in [0, 0.1) is 6.92 Å². The maximum absolute atomic E-state index is 5.70. The van der Waals surface area contributed by atoms with E-state index in [2.05, 4.69) is 35.5 Å². The van der Waals surface area contributed by atoms with Gasteiger partial charge in [-0.3, -0.25) is 0 Å². The molecule has 0 radical (unpaired) electrons. The summed E-state index contributed by atoms with van der Waals surface area (Å²) in [5.74, 6) is 2.67. The molecule has 0 atom stereocenters. The second-order valence-corrected chi connectivity index (χ2v) is 4.93. The van der Waals surface area contributed by atoms with Crippen LogP contribution in [0.25, 0.3) is 0 Å². The summed E-state index contributed by atoms with van der Waals surface area (Å²) >= 11 is 0. The lowest BCUT2D eigenvalue weighted by atomic mass is 10.2. The molecule has 1 heterocycles. The number of benzene rings is 1. The molecule has 0 aliphatic carbocycles. The Morgan fingerprint density at radius 3 is 2.43 bits per heavy atom. The zero-order chi connectivity index (χ0) is 14.9. The van der Waals surface area contributed by atoms with Gasteiger partial charge in [0.15, 0.2) is 0 Å². The van der Waals surface area contributed by atoms with Crippen LogP contribution in [0.3, 0.4) is 0 Å². The van der Waals surface area contributed by atoms with E-state index in [-0.39, 0.29) is 0 Å². The lowest BCUT2D eigenvalue weighted by Gasteiger charge is -2.10. The second kappa shape index (κ2) is 8.15. The first-order chi connectivity index (χ1) is 10.3. The third kappa shape index (κ3) is 5.34. The summed E-state index contributed by atoms with van der Waals surface area (Å²) in [4.78, 5) is 4.49. The van der Waals surface area contributed by atoms with Crippen LogP contribution in [0.15, 0.2) is 42.5 Å². The zero-order valence-corrected chi connectivity index (χ0v) is 12.7. The first kappa shape index (κ1) is 15.2. The van der Waals surface area contributed by atoms with Crippen molar-refractivity contribution in [1.29, 1.82) is 0 Å². The number of anilines is 2. The van der Waals surface area contributed by atoms with Gasteiger partial charge in [-0.05, 0) is 43.2 Å². The average molecular weight is 285 g/mol. The number of hydrogen-bond donors (Lipinski definition) is 2. The summed E-state index contributed by atoms with van der Waals surface area (Å²) in [6.07, 6.45) is 1.09. The Bertz CT molecular complexity index is 557. The molecule has 0 aliphatic rings. The predicted octanol–water partition coefficient (Wildman–Crippen LogP) is 3.70. The Kier molecular flexibility index (Phi) is 5.88. The highest BCUT2D eigenvalue weighted by molar-refractivity contribution is 5.45. The highest BCUT2D eigenvalue weighted by atomic mass is 16.5. The van der Waals surface area contributed by atoms with Gasteiger partial charge in [0.05, 0.1) is 6.54 Å². The largest absolute Gasteiger partial charge is 0.492 e. The van der Waals surface area contributed by atoms with Gasteiger partial charge in [0.1, 0.15) is 24.0 Å². The number of pyridine rings is 1. The van der Waals surface area contributed by atoms with Crippen molar-refractivity contribution in [1.82, 2.24) is 4.98 Å². The van der Waals surface area contributed by atoms with E-state index in [1.54, 1.807) is 0 Å². The van der Waals surface area contributed by atoms with Crippen LogP contribution < -0.4 is 15.4 Å². The Labute approximate surface area is 126 Å². The van der Waals surface area contributed by atoms with Crippen LogP contribution in [0.2, 0.25) is 0 Å². The normalized spacial score (nSPS) is 10.2. The maximum atomic E-state index is 5.70. The minimum absolute atomic E-state index is 0.609. The summed E-state index contributed by atoms with van der Waals surface area (Å²) in [7, 11) is 0. The van der Waals surface area contributed by atoms with E-state index >= 15 is 0 Å². The van der Waals surface area contributed by atoms with Gasteiger partial charge in [-0.15, -0.1) is 0 Å². The molecule has 0 fully saturated rings. The molecule has 0 spiro atoms. The van der Waals surface area contributed by atoms with E-state index in [1.807, 2.05) is 36.4 Å². The van der Waals surface area contributed by atoms with Crippen molar-refractivity contribution in [3.63, 3.8) is 0 Å². The van der Waals surface area contributed by atoms with Gasteiger partial charge in [0.25, 0.3) is 0 Å². The number of ether oxygens (including phenoxy) is 1. The molecule has 0 saturated heterocycles. The van der Waals surface area contributed by atoms with Crippen molar-refractivity contribution in [3.8, 4) is 5.75 Å². The molecule has 0 amide bonds. The third-order valence-corrected chi connectivity index (χ3v) is 2.97. The molecule has 0 aliphatic heterocycles. The van der Waals surface area contributed by atoms with Gasteiger partial charge in [-0.1, -0.05) is 25.1 Å². The molecular weight excluding hydrogens is 262 g/mol. The first-order valence-electron chi connectivity index (χ1n) is 7.42. The molecule has 1 aromatic heterocycles. The van der Waals surface area contributed by atoms with Crippen LogP contribution in [-0.2, 0) is 0 Å². The summed E-state index contributed by atoms with van der Waals surface area (Å²) in [6, 6.07) is 14.0. The molecule has 0 unspecified atom stereocenters. The number of aromatic nitrogens is 1. The number of aryl methyl sites for hydroxylation is 1. The Morgan fingerprint density at radius 1 is 1.00 bits per heavy atom. The third-order valence-electron chi connectivity index (χ3n) is 2.97. The summed E-state index contributed by atoms with van der Waals surface area (Å²) in [6.45, 7) is 6.46. The standard InChI is InChI=1S/C17H23N3O/c1-3-10-18-16-8-5-9-17(20-16)19-11-12-21-15-7-4-6-14(2)13-15/h4-9,13H,3,10-12H2,1-2H3,(H2,18,19,20). The van der Waals surface area contributed by atoms with E-state index in [0.29, 0.717) is 6.61 Å². The van der Waals surface area contributed by atoms with E-state index in [9.17, 15) is 0 Å². The molecule has 4 nitrogen and oxygen atoms in total. The van der Waals surface area contributed by atoms with Crippen molar-refractivity contribution in [3.05, 3.63) is 48.0 Å². The molecule has 2 rings (SSSR count). The van der Waals surface area contributed by atoms with Crippen LogP contribution in [0.5, 0.6) is 5.75 Å². The fourth-order valence-corrected chi connectivity index (χ4v) is 1.94. The zero-order valence-electron chi connectivity index (χ0n) is 12.7. The van der Waals surface area contributed by atoms with Crippen LogP contribution in [-0.4, -0.2) is 24.7 Å². The second-order valence-electron chi connectivity index (χ2n) is 4.93. The van der Waals surface area contributed by atoms with Crippen LogP contribution in [0.4, 0.5) is 11.6 Å². The molecule has 21 heavy (non-hydrogen) atoms. The quantitative estimate of drug-likeness (QED) is 0.726. The van der Waals surface area contributed by atoms with E-state index in [1.165, 1.54) is 5.56 Å². The van der Waals surface area contributed by atoms with Gasteiger partial charge in [-0.2, -0.15) is 0 Å². The summed E-state index contributed by atoms with van der Waals surface area (Å²) < 4.78 is 5.70. The van der Waals surface area contributed by atoms with Crippen molar-refractivity contribution >= 4 is 11.6 Å². The highest BCUT2D eigenvalue weighted by Gasteiger charge is 1.97. The van der Waals surface area contributed by atoms with Crippen molar-refractivity contribution in [2.24, 2.45) is 0 Å². The van der Waals surface area contributed by atoms with Gasteiger partial charge >= 0.3 is 0 Å². The topological polar surface area (TPSA) is 46.2 Å². The lowest BCUT2D eigenvalue weighted by molar-refractivity contribution is 0.332. The maximum Gasteiger partial charge on any atom is 0.128 e. The minimum Gasteiger partial charge on any atom is -0.492 e. The Balaban J connectivity index is 1.75. The highest BCUT2D eigenvalue weighted by Crippen LogP contribution is 2.12. The fourth-order valence-electron chi connectivity index (χ4n) is 1.94. The summed E-state index contributed by atoms with van der Waals surface area (Å²) in [5.41, 5.74) is 1.21. The van der Waals surface area contributed by atoms with Crippen molar-refractivity contribution in [2.45, 2.75) is 20.3 Å². The van der Waals surface area contributed by atoms with Gasteiger partial charge in [0.2, 0.25) is 0 Å². The predicted molar refractivity (Wildman–Crippen MR) is 88.2 cm³/mol. The van der Waals surface area contributed by atoms with E-state index in [4.69, 9.17) is 4.74 Å². The first-order valence-corrected chi connectivity index (χ1v) is 7.42. The number of nitrogens with one attached hydrogen (secondary N) is 2.